The zero-order valence-corrected chi connectivity index (χ0v) is 8.82. The molecule has 4 nitrogen and oxygen atoms in total. The molecule has 0 N–H and O–H groups in total. The highest BCUT2D eigenvalue weighted by Gasteiger charge is 1.92. The van der Waals surface area contributed by atoms with Crippen LogP contribution in [0.1, 0.15) is 27.7 Å². The minimum atomic E-state index is 0.0934. The standard InChI is InChI=1S/C9H19NO3/c1-8(2)11-7-10-5-6-12-13-9(3)4/h7-9H,5-6H2,1-4H3/b10-7-. The molecule has 0 aliphatic rings. The maximum Gasteiger partial charge on any atom is 0.169 e. The molecule has 0 saturated carbocycles. The summed E-state index contributed by atoms with van der Waals surface area (Å²) in [5.41, 5.74) is 0. The van der Waals surface area contributed by atoms with Crippen LogP contribution < -0.4 is 0 Å². The van der Waals surface area contributed by atoms with Crippen LogP contribution in [0.3, 0.4) is 0 Å². The molecular weight excluding hydrogens is 170 g/mol. The minimum absolute atomic E-state index is 0.0934. The maximum absolute atomic E-state index is 5.08. The van der Waals surface area contributed by atoms with Gasteiger partial charge in [0.2, 0.25) is 0 Å². The van der Waals surface area contributed by atoms with Gasteiger partial charge in [-0.25, -0.2) is 9.78 Å². The molecule has 0 saturated heterocycles. The number of ether oxygens (including phenoxy) is 1. The second-order valence-electron chi connectivity index (χ2n) is 3.16. The van der Waals surface area contributed by atoms with Crippen molar-refractivity contribution in [2.45, 2.75) is 39.9 Å². The molecule has 0 aliphatic heterocycles. The first-order valence-corrected chi connectivity index (χ1v) is 4.55. The summed E-state index contributed by atoms with van der Waals surface area (Å²) in [5, 5.41) is 0. The predicted molar refractivity (Wildman–Crippen MR) is 51.8 cm³/mol. The zero-order chi connectivity index (χ0) is 10.1. The molecule has 4 heteroatoms. The van der Waals surface area contributed by atoms with Gasteiger partial charge in [-0.2, -0.15) is 0 Å². The van der Waals surface area contributed by atoms with Crippen LogP contribution in [0.2, 0.25) is 0 Å². The number of nitrogens with zero attached hydrogens (tertiary/aromatic N) is 1. The Morgan fingerprint density at radius 2 is 1.85 bits per heavy atom. The second-order valence-corrected chi connectivity index (χ2v) is 3.16. The van der Waals surface area contributed by atoms with Crippen LogP contribution in [-0.2, 0) is 14.5 Å². The fourth-order valence-corrected chi connectivity index (χ4v) is 0.492. The average Bonchev–Trinajstić information content (AvgIpc) is 2.01. The first-order chi connectivity index (χ1) is 6.13. The fraction of sp³-hybridized carbons (Fsp3) is 0.889. The van der Waals surface area contributed by atoms with E-state index in [0.717, 1.165) is 0 Å². The van der Waals surface area contributed by atoms with Crippen molar-refractivity contribution in [1.29, 1.82) is 0 Å². The van der Waals surface area contributed by atoms with Gasteiger partial charge in [0.25, 0.3) is 0 Å². The summed E-state index contributed by atoms with van der Waals surface area (Å²) in [7, 11) is 0. The van der Waals surface area contributed by atoms with E-state index in [9.17, 15) is 0 Å². The lowest BCUT2D eigenvalue weighted by Crippen LogP contribution is -2.07. The molecule has 0 atom stereocenters. The van der Waals surface area contributed by atoms with Gasteiger partial charge >= 0.3 is 0 Å². The lowest BCUT2D eigenvalue weighted by molar-refractivity contribution is -0.314. The molecular formula is C9H19NO3. The lowest BCUT2D eigenvalue weighted by atomic mass is 10.5. The smallest absolute Gasteiger partial charge is 0.169 e. The van der Waals surface area contributed by atoms with E-state index >= 15 is 0 Å². The largest absolute Gasteiger partial charge is 0.481 e. The molecule has 0 rings (SSSR count). The summed E-state index contributed by atoms with van der Waals surface area (Å²) < 4.78 is 5.08. The number of aliphatic imine (C=N–C) groups is 1. The topological polar surface area (TPSA) is 40.0 Å². The molecule has 0 fully saturated rings. The average molecular weight is 189 g/mol. The summed E-state index contributed by atoms with van der Waals surface area (Å²) in [6.45, 7) is 8.72. The van der Waals surface area contributed by atoms with E-state index in [-0.39, 0.29) is 12.2 Å². The first kappa shape index (κ1) is 12.4. The summed E-state index contributed by atoms with van der Waals surface area (Å²) in [5.74, 6) is 0. The molecule has 0 radical (unpaired) electrons. The van der Waals surface area contributed by atoms with E-state index in [0.29, 0.717) is 13.2 Å². The maximum atomic E-state index is 5.08. The highest BCUT2D eigenvalue weighted by atomic mass is 17.2. The van der Waals surface area contributed by atoms with Crippen LogP contribution in [0, 0.1) is 0 Å². The zero-order valence-electron chi connectivity index (χ0n) is 8.82. The van der Waals surface area contributed by atoms with Gasteiger partial charge in [0.05, 0.1) is 18.8 Å². The quantitative estimate of drug-likeness (QED) is 0.201. The number of hydrogen-bond donors (Lipinski definition) is 0. The van der Waals surface area contributed by atoms with E-state index in [1.54, 1.807) is 0 Å². The Morgan fingerprint density at radius 1 is 1.15 bits per heavy atom. The molecule has 78 valence electrons. The normalized spacial score (nSPS) is 11.8. The molecule has 0 aromatic rings. The molecule has 0 unspecified atom stereocenters. The van der Waals surface area contributed by atoms with Crippen molar-refractivity contribution in [3.05, 3.63) is 0 Å². The third-order valence-electron chi connectivity index (χ3n) is 0.972. The molecule has 0 aliphatic carbocycles. The van der Waals surface area contributed by atoms with Gasteiger partial charge in [-0.3, -0.25) is 4.99 Å². The summed E-state index contributed by atoms with van der Waals surface area (Å²) in [4.78, 5) is 13.6. The third kappa shape index (κ3) is 11.4. The molecule has 13 heavy (non-hydrogen) atoms. The van der Waals surface area contributed by atoms with Crippen LogP contribution in [0.25, 0.3) is 0 Å². The van der Waals surface area contributed by atoms with E-state index in [1.807, 2.05) is 27.7 Å². The molecule has 0 spiro atoms. The molecule has 0 amide bonds. The Morgan fingerprint density at radius 3 is 2.38 bits per heavy atom. The van der Waals surface area contributed by atoms with Crippen LogP contribution in [0.5, 0.6) is 0 Å². The lowest BCUT2D eigenvalue weighted by Gasteiger charge is -2.05. The van der Waals surface area contributed by atoms with Crippen molar-refractivity contribution >= 4 is 6.40 Å². The fourth-order valence-electron chi connectivity index (χ4n) is 0.492. The Labute approximate surface area is 79.8 Å². The monoisotopic (exact) mass is 189 g/mol. The highest BCUT2D eigenvalue weighted by Crippen LogP contribution is 1.88. The van der Waals surface area contributed by atoms with Crippen LogP contribution >= 0.6 is 0 Å². The number of rotatable bonds is 7. The van der Waals surface area contributed by atoms with Crippen LogP contribution in [-0.4, -0.2) is 31.8 Å². The van der Waals surface area contributed by atoms with Crippen molar-refractivity contribution in [3.63, 3.8) is 0 Å². The van der Waals surface area contributed by atoms with Crippen LogP contribution in [0.15, 0.2) is 4.99 Å². The summed E-state index contributed by atoms with van der Waals surface area (Å²) in [6, 6.07) is 0. The van der Waals surface area contributed by atoms with Crippen molar-refractivity contribution in [2.24, 2.45) is 4.99 Å². The van der Waals surface area contributed by atoms with Crippen LogP contribution in [0.4, 0.5) is 0 Å². The van der Waals surface area contributed by atoms with Gasteiger partial charge in [-0.1, -0.05) is 0 Å². The summed E-state index contributed by atoms with van der Waals surface area (Å²) in [6.07, 6.45) is 1.72. The molecule has 0 aromatic heterocycles. The summed E-state index contributed by atoms with van der Waals surface area (Å²) >= 11 is 0. The minimum Gasteiger partial charge on any atom is -0.481 e. The predicted octanol–water partition coefficient (Wildman–Crippen LogP) is 1.80. The molecule has 0 bridgehead atoms. The van der Waals surface area contributed by atoms with Crippen molar-refractivity contribution < 1.29 is 14.5 Å². The Balaban J connectivity index is 3.11. The first-order valence-electron chi connectivity index (χ1n) is 4.55. The van der Waals surface area contributed by atoms with Gasteiger partial charge in [0, 0.05) is 0 Å². The van der Waals surface area contributed by atoms with E-state index in [1.165, 1.54) is 6.40 Å². The van der Waals surface area contributed by atoms with Crippen molar-refractivity contribution in [1.82, 2.24) is 0 Å². The Bertz CT molecular complexity index is 135. The van der Waals surface area contributed by atoms with Gasteiger partial charge in [0.1, 0.15) is 6.61 Å². The van der Waals surface area contributed by atoms with Gasteiger partial charge in [0.15, 0.2) is 6.40 Å². The van der Waals surface area contributed by atoms with Gasteiger partial charge < -0.3 is 4.74 Å². The third-order valence-corrected chi connectivity index (χ3v) is 0.972. The number of hydrogen-bond acceptors (Lipinski definition) is 4. The van der Waals surface area contributed by atoms with Crippen molar-refractivity contribution in [2.75, 3.05) is 13.2 Å². The Hall–Kier alpha value is -0.610. The molecule has 0 heterocycles. The van der Waals surface area contributed by atoms with Crippen molar-refractivity contribution in [3.8, 4) is 0 Å². The van der Waals surface area contributed by atoms with Gasteiger partial charge in [-0.15, -0.1) is 0 Å². The SMILES string of the molecule is CC(C)O/C=N\CCOOC(C)C. The Kier molecular flexibility index (Phi) is 7.63. The van der Waals surface area contributed by atoms with E-state index in [4.69, 9.17) is 14.5 Å². The highest BCUT2D eigenvalue weighted by molar-refractivity contribution is 5.46. The van der Waals surface area contributed by atoms with E-state index < -0.39 is 0 Å². The van der Waals surface area contributed by atoms with E-state index in [2.05, 4.69) is 4.99 Å². The molecule has 0 aromatic carbocycles. The second kappa shape index (κ2) is 8.01. The van der Waals surface area contributed by atoms with Gasteiger partial charge in [-0.05, 0) is 27.7 Å².